The summed E-state index contributed by atoms with van der Waals surface area (Å²) in [5.41, 5.74) is 1.21. The fourth-order valence-corrected chi connectivity index (χ4v) is 2.44. The topological polar surface area (TPSA) is 54.9 Å². The Bertz CT molecular complexity index is 674. The fourth-order valence-electron chi connectivity index (χ4n) is 2.44. The number of ether oxygens (including phenoxy) is 2. The van der Waals surface area contributed by atoms with Gasteiger partial charge < -0.3 is 20.1 Å². The first kappa shape index (κ1) is 18.6. The van der Waals surface area contributed by atoms with Crippen molar-refractivity contribution in [2.45, 2.75) is 26.0 Å². The second-order valence-electron chi connectivity index (χ2n) is 5.81. The lowest BCUT2D eigenvalue weighted by atomic mass is 10.1. The number of para-hydroxylation sites is 2. The molecule has 0 heterocycles. The number of methoxy groups -OCH3 is 1. The van der Waals surface area contributed by atoms with Crippen molar-refractivity contribution in [1.82, 2.24) is 10.6 Å². The largest absolute Gasteiger partial charge is 0.493 e. The first-order valence-corrected chi connectivity index (χ1v) is 8.45. The van der Waals surface area contributed by atoms with Crippen molar-refractivity contribution in [1.29, 1.82) is 0 Å². The second kappa shape index (κ2) is 9.57. The number of hydrogen-bond donors (Lipinski definition) is 2. The van der Waals surface area contributed by atoms with E-state index in [1.807, 2.05) is 49.4 Å². The molecule has 0 aliphatic heterocycles. The molecule has 25 heavy (non-hydrogen) atoms. The summed E-state index contributed by atoms with van der Waals surface area (Å²) in [5.74, 6) is 2.21. The molecule has 2 rings (SSSR count). The molecule has 134 valence electrons. The lowest BCUT2D eigenvalue weighted by molar-refractivity contribution is 0.213. The summed E-state index contributed by atoms with van der Waals surface area (Å²) in [6.07, 6.45) is -0.0399. The Morgan fingerprint density at radius 3 is 2.28 bits per heavy atom. The van der Waals surface area contributed by atoms with Gasteiger partial charge in [-0.05, 0) is 31.5 Å². The Kier molecular flexibility index (Phi) is 7.14. The molecule has 2 aromatic carbocycles. The molecule has 0 spiro atoms. The van der Waals surface area contributed by atoms with Crippen LogP contribution in [0.25, 0.3) is 0 Å². The Hall–Kier alpha value is -2.69. The lowest BCUT2D eigenvalue weighted by Gasteiger charge is -2.21. The molecule has 2 atom stereocenters. The number of guanidine groups is 1. The highest BCUT2D eigenvalue weighted by Gasteiger charge is 2.11. The highest BCUT2D eigenvalue weighted by molar-refractivity contribution is 5.80. The van der Waals surface area contributed by atoms with Crippen LogP contribution in [0.3, 0.4) is 0 Å². The average Bonchev–Trinajstić information content (AvgIpc) is 2.66. The van der Waals surface area contributed by atoms with Gasteiger partial charge in [-0.2, -0.15) is 0 Å². The van der Waals surface area contributed by atoms with Crippen LogP contribution >= 0.6 is 0 Å². The minimum absolute atomic E-state index is 0.0399. The third-order valence-corrected chi connectivity index (χ3v) is 3.83. The Morgan fingerprint density at radius 1 is 1.00 bits per heavy atom. The van der Waals surface area contributed by atoms with E-state index in [1.165, 1.54) is 5.56 Å². The average molecular weight is 341 g/mol. The Labute approximate surface area is 150 Å². The van der Waals surface area contributed by atoms with E-state index >= 15 is 0 Å². The van der Waals surface area contributed by atoms with Crippen LogP contribution in [0.1, 0.15) is 25.5 Å². The predicted molar refractivity (Wildman–Crippen MR) is 102 cm³/mol. The molecule has 5 nitrogen and oxygen atoms in total. The van der Waals surface area contributed by atoms with Crippen molar-refractivity contribution < 1.29 is 9.47 Å². The van der Waals surface area contributed by atoms with Gasteiger partial charge in [0.1, 0.15) is 6.10 Å². The van der Waals surface area contributed by atoms with Crippen molar-refractivity contribution in [3.8, 4) is 11.5 Å². The molecular formula is C20H27N3O2. The van der Waals surface area contributed by atoms with E-state index in [4.69, 9.17) is 9.47 Å². The third-order valence-electron chi connectivity index (χ3n) is 3.83. The normalized spacial score (nSPS) is 13.7. The van der Waals surface area contributed by atoms with Crippen molar-refractivity contribution in [3.05, 3.63) is 60.2 Å². The molecule has 2 aromatic rings. The van der Waals surface area contributed by atoms with Gasteiger partial charge in [-0.15, -0.1) is 0 Å². The summed E-state index contributed by atoms with van der Waals surface area (Å²) in [6.45, 7) is 4.74. The van der Waals surface area contributed by atoms with Crippen LogP contribution in [-0.4, -0.2) is 32.8 Å². The lowest BCUT2D eigenvalue weighted by Crippen LogP contribution is -2.42. The van der Waals surface area contributed by atoms with Crippen LogP contribution in [0.2, 0.25) is 0 Å². The van der Waals surface area contributed by atoms with E-state index in [2.05, 4.69) is 34.7 Å². The zero-order valence-electron chi connectivity index (χ0n) is 15.3. The molecule has 0 amide bonds. The van der Waals surface area contributed by atoms with Crippen molar-refractivity contribution >= 4 is 5.96 Å². The van der Waals surface area contributed by atoms with Crippen LogP contribution in [0.4, 0.5) is 0 Å². The van der Waals surface area contributed by atoms with Gasteiger partial charge in [0.15, 0.2) is 17.5 Å². The first-order chi connectivity index (χ1) is 12.1. The number of benzene rings is 2. The maximum atomic E-state index is 5.95. The molecular weight excluding hydrogens is 314 g/mol. The smallest absolute Gasteiger partial charge is 0.191 e. The number of nitrogens with one attached hydrogen (secondary N) is 2. The zero-order valence-corrected chi connectivity index (χ0v) is 15.3. The van der Waals surface area contributed by atoms with E-state index < -0.39 is 0 Å². The molecule has 0 saturated carbocycles. The van der Waals surface area contributed by atoms with Crippen LogP contribution < -0.4 is 20.1 Å². The summed E-state index contributed by atoms with van der Waals surface area (Å²) in [6, 6.07) is 18.1. The third kappa shape index (κ3) is 5.71. The minimum atomic E-state index is -0.0399. The van der Waals surface area contributed by atoms with Gasteiger partial charge in [0.25, 0.3) is 0 Å². The molecule has 2 unspecified atom stereocenters. The highest BCUT2D eigenvalue weighted by atomic mass is 16.5. The van der Waals surface area contributed by atoms with Crippen molar-refractivity contribution in [3.63, 3.8) is 0 Å². The van der Waals surface area contributed by atoms with Crippen molar-refractivity contribution in [2.24, 2.45) is 4.99 Å². The van der Waals surface area contributed by atoms with E-state index in [0.29, 0.717) is 6.54 Å². The van der Waals surface area contributed by atoms with E-state index in [9.17, 15) is 0 Å². The van der Waals surface area contributed by atoms with Crippen LogP contribution in [0.15, 0.2) is 59.6 Å². The standard InChI is InChI=1S/C20H27N3O2/c1-15(25-19-13-9-8-12-18(19)24-4)14-22-20(21-3)23-16(2)17-10-6-5-7-11-17/h5-13,15-16H,14H2,1-4H3,(H2,21,22,23). The number of rotatable bonds is 7. The summed E-state index contributed by atoms with van der Waals surface area (Å²) >= 11 is 0. The zero-order chi connectivity index (χ0) is 18.1. The number of aliphatic imine (C=N–C) groups is 1. The molecule has 0 aliphatic carbocycles. The van der Waals surface area contributed by atoms with Gasteiger partial charge in [-0.3, -0.25) is 4.99 Å². The summed E-state index contributed by atoms with van der Waals surface area (Å²) in [5, 5.41) is 6.68. The predicted octanol–water partition coefficient (Wildman–Crippen LogP) is 3.39. The molecule has 0 saturated heterocycles. The van der Waals surface area contributed by atoms with Crippen LogP contribution in [0, 0.1) is 0 Å². The van der Waals surface area contributed by atoms with E-state index in [-0.39, 0.29) is 12.1 Å². The summed E-state index contributed by atoms with van der Waals surface area (Å²) < 4.78 is 11.3. The summed E-state index contributed by atoms with van der Waals surface area (Å²) in [7, 11) is 3.40. The summed E-state index contributed by atoms with van der Waals surface area (Å²) in [4.78, 5) is 4.28. The molecule has 0 aromatic heterocycles. The maximum Gasteiger partial charge on any atom is 0.191 e. The first-order valence-electron chi connectivity index (χ1n) is 8.45. The van der Waals surface area contributed by atoms with Crippen molar-refractivity contribution in [2.75, 3.05) is 20.7 Å². The van der Waals surface area contributed by atoms with Gasteiger partial charge in [0, 0.05) is 7.05 Å². The molecule has 0 bridgehead atoms. The fraction of sp³-hybridized carbons (Fsp3) is 0.350. The van der Waals surface area contributed by atoms with Gasteiger partial charge in [0.2, 0.25) is 0 Å². The Balaban J connectivity index is 1.86. The maximum absolute atomic E-state index is 5.95. The monoisotopic (exact) mass is 341 g/mol. The van der Waals surface area contributed by atoms with Crippen LogP contribution in [0.5, 0.6) is 11.5 Å². The van der Waals surface area contributed by atoms with Gasteiger partial charge in [-0.1, -0.05) is 42.5 Å². The van der Waals surface area contributed by atoms with Gasteiger partial charge in [0.05, 0.1) is 19.7 Å². The highest BCUT2D eigenvalue weighted by Crippen LogP contribution is 2.26. The second-order valence-corrected chi connectivity index (χ2v) is 5.81. The SMILES string of the molecule is CN=C(NCC(C)Oc1ccccc1OC)NC(C)c1ccccc1. The molecule has 5 heteroatoms. The quantitative estimate of drug-likeness (QED) is 0.599. The molecule has 0 radical (unpaired) electrons. The molecule has 2 N–H and O–H groups in total. The number of nitrogens with zero attached hydrogens (tertiary/aromatic N) is 1. The Morgan fingerprint density at radius 2 is 1.64 bits per heavy atom. The molecule has 0 fully saturated rings. The van der Waals surface area contributed by atoms with Gasteiger partial charge in [-0.25, -0.2) is 0 Å². The van der Waals surface area contributed by atoms with E-state index in [1.54, 1.807) is 14.2 Å². The number of hydrogen-bond acceptors (Lipinski definition) is 3. The van der Waals surface area contributed by atoms with E-state index in [0.717, 1.165) is 17.5 Å². The van der Waals surface area contributed by atoms with Gasteiger partial charge >= 0.3 is 0 Å². The molecule has 0 aliphatic rings. The minimum Gasteiger partial charge on any atom is -0.493 e. The van der Waals surface area contributed by atoms with Crippen LogP contribution in [-0.2, 0) is 0 Å².